The van der Waals surface area contributed by atoms with Crippen molar-refractivity contribution < 1.29 is 28.9 Å². The van der Waals surface area contributed by atoms with E-state index in [1.165, 1.54) is 46.0 Å². The normalized spacial score (nSPS) is 23.3. The minimum absolute atomic E-state index is 0.0292. The Balaban J connectivity index is 1.25. The van der Waals surface area contributed by atoms with Crippen LogP contribution in [0, 0.1) is 5.41 Å². The predicted octanol–water partition coefficient (Wildman–Crippen LogP) is 0.749. The molecule has 3 aromatic heterocycles. The lowest BCUT2D eigenvalue weighted by Crippen LogP contribution is -2.74. The van der Waals surface area contributed by atoms with Crippen molar-refractivity contribution >= 4 is 74.8 Å². The third-order valence-electron chi connectivity index (χ3n) is 5.54. The van der Waals surface area contributed by atoms with E-state index in [9.17, 15) is 19.5 Å². The second-order valence-electron chi connectivity index (χ2n) is 7.97. The van der Waals surface area contributed by atoms with E-state index in [-0.39, 0.29) is 47.1 Å². The topological polar surface area (TPSA) is 199 Å². The number of nitrogen functional groups attached to an aromatic ring is 1. The number of hydrogen-bond acceptors (Lipinski definition) is 15. The molecule has 2 aliphatic rings. The summed E-state index contributed by atoms with van der Waals surface area (Å²) in [4.78, 5) is 49.1. The number of nitrogens with two attached hydrogens (primary N) is 1. The van der Waals surface area contributed by atoms with Crippen LogP contribution in [0.4, 0.5) is 5.13 Å². The zero-order chi connectivity index (χ0) is 26.0. The minimum Gasteiger partial charge on any atom is -0.481 e. The summed E-state index contributed by atoms with van der Waals surface area (Å²) < 4.78 is 5.40. The first-order chi connectivity index (χ1) is 17.9. The fourth-order valence-corrected chi connectivity index (χ4v) is 7.51. The molecule has 0 aromatic carbocycles. The summed E-state index contributed by atoms with van der Waals surface area (Å²) in [6.45, 7) is -0.0186. The smallest absolute Gasteiger partial charge is 0.313 e. The van der Waals surface area contributed by atoms with Gasteiger partial charge in [-0.15, -0.1) is 33.3 Å². The van der Waals surface area contributed by atoms with Crippen LogP contribution in [0.25, 0.3) is 0 Å². The Hall–Kier alpha value is -3.22. The Morgan fingerprint density at radius 1 is 1.43 bits per heavy atom. The van der Waals surface area contributed by atoms with E-state index < -0.39 is 28.7 Å². The number of nitrogens with one attached hydrogen (secondary N) is 1. The summed E-state index contributed by atoms with van der Waals surface area (Å²) in [6.07, 6.45) is 1.38. The van der Waals surface area contributed by atoms with E-state index >= 15 is 0 Å². The van der Waals surface area contributed by atoms with Crippen LogP contribution >= 0.6 is 46.2 Å². The average molecular weight is 583 g/mol. The number of nitrogens with zero attached hydrogens (tertiary/aromatic N) is 6. The number of oxime groups is 1. The number of thioether (sulfide) groups is 2. The number of amides is 2. The van der Waals surface area contributed by atoms with Crippen molar-refractivity contribution in [3.05, 3.63) is 34.6 Å². The molecule has 3 aromatic rings. The van der Waals surface area contributed by atoms with Crippen LogP contribution in [0.3, 0.4) is 0 Å². The molecule has 194 valence electrons. The van der Waals surface area contributed by atoms with Crippen LogP contribution in [0.5, 0.6) is 0 Å². The maximum Gasteiger partial charge on any atom is 0.313 e. The van der Waals surface area contributed by atoms with Crippen LogP contribution in [0.15, 0.2) is 37.2 Å². The maximum atomic E-state index is 13.1. The van der Waals surface area contributed by atoms with Gasteiger partial charge in [-0.25, -0.2) is 4.98 Å². The van der Waals surface area contributed by atoms with E-state index in [0.29, 0.717) is 10.0 Å². The van der Waals surface area contributed by atoms with Crippen molar-refractivity contribution in [2.45, 2.75) is 22.4 Å². The molecule has 3 atom stereocenters. The van der Waals surface area contributed by atoms with Gasteiger partial charge >= 0.3 is 5.97 Å². The Labute approximate surface area is 225 Å². The molecule has 0 aliphatic carbocycles. The number of β-lactam (4-membered cyclic amide) rings is 1. The number of anilines is 1. The fourth-order valence-electron chi connectivity index (χ4n) is 3.62. The molecule has 2 amide bonds. The van der Waals surface area contributed by atoms with Gasteiger partial charge in [-0.1, -0.05) is 33.4 Å². The number of rotatable bonds is 10. The molecule has 0 saturated carbocycles. The number of aromatic nitrogens is 4. The van der Waals surface area contributed by atoms with Crippen molar-refractivity contribution in [3.63, 3.8) is 0 Å². The molecular weight excluding hydrogens is 565 g/mol. The maximum absolute atomic E-state index is 13.1. The number of hydrogen-bond donors (Lipinski definition) is 3. The lowest BCUT2D eigenvalue weighted by Gasteiger charge is -2.53. The molecule has 18 heteroatoms. The fraction of sp³-hybridized carbons (Fsp3) is 0.368. The summed E-state index contributed by atoms with van der Waals surface area (Å²) in [7, 11) is 0. The molecule has 2 unspecified atom stereocenters. The minimum atomic E-state index is -1.15. The number of carboxylic acid groups (broad SMARTS) is 1. The van der Waals surface area contributed by atoms with Crippen LogP contribution in [-0.2, 0) is 25.8 Å². The van der Waals surface area contributed by atoms with Crippen LogP contribution in [-0.4, -0.2) is 83.3 Å². The largest absolute Gasteiger partial charge is 0.481 e. The van der Waals surface area contributed by atoms with E-state index in [1.54, 1.807) is 17.0 Å². The van der Waals surface area contributed by atoms with Crippen molar-refractivity contribution in [1.29, 1.82) is 0 Å². The van der Waals surface area contributed by atoms with Gasteiger partial charge in [0.15, 0.2) is 21.8 Å². The molecule has 2 saturated heterocycles. The highest BCUT2D eigenvalue weighted by Gasteiger charge is 2.57. The number of carbonyl (C=O) groups excluding carboxylic acids is 2. The predicted molar refractivity (Wildman–Crippen MR) is 135 cm³/mol. The molecular formula is C19H18N8O6S4. The van der Waals surface area contributed by atoms with Crippen molar-refractivity contribution in [3.8, 4) is 0 Å². The van der Waals surface area contributed by atoms with Crippen molar-refractivity contribution in [1.82, 2.24) is 30.6 Å². The van der Waals surface area contributed by atoms with Gasteiger partial charge in [0.1, 0.15) is 40.0 Å². The number of fused-ring (bicyclic) bond motifs is 1. The van der Waals surface area contributed by atoms with E-state index in [2.05, 4.69) is 30.8 Å². The Morgan fingerprint density at radius 2 is 2.30 bits per heavy atom. The Bertz CT molecular complexity index is 1320. The molecule has 2 fully saturated rings. The van der Waals surface area contributed by atoms with Gasteiger partial charge in [-0.2, -0.15) is 0 Å². The third-order valence-corrected chi connectivity index (χ3v) is 9.95. The summed E-state index contributed by atoms with van der Waals surface area (Å²) in [5.41, 5.74) is 6.64. The second kappa shape index (κ2) is 10.6. The zero-order valence-electron chi connectivity index (χ0n) is 18.7. The molecule has 2 aliphatic heterocycles. The lowest BCUT2D eigenvalue weighted by molar-refractivity contribution is -0.157. The number of thiazole rings is 1. The van der Waals surface area contributed by atoms with Crippen molar-refractivity contribution in [2.24, 2.45) is 10.6 Å². The van der Waals surface area contributed by atoms with Gasteiger partial charge < -0.3 is 30.4 Å². The van der Waals surface area contributed by atoms with Crippen molar-refractivity contribution in [2.75, 3.05) is 23.8 Å². The van der Waals surface area contributed by atoms with E-state index in [1.807, 2.05) is 0 Å². The number of aliphatic carboxylic acids is 1. The SMILES string of the molecule is Nc1nc(C(=NOCc2ccon2)C(=O)NC2C(=O)N3CC(CSc4nncs4)(C(=O)O)CS[C@H]23)cs1. The van der Waals surface area contributed by atoms with Gasteiger partial charge in [-0.05, 0) is 0 Å². The molecule has 5 heterocycles. The molecule has 0 radical (unpaired) electrons. The lowest BCUT2D eigenvalue weighted by atomic mass is 9.89. The van der Waals surface area contributed by atoms with Gasteiger partial charge in [-0.3, -0.25) is 14.4 Å². The first-order valence-corrected chi connectivity index (χ1v) is 14.3. The Kier molecular flexibility index (Phi) is 7.31. The quantitative estimate of drug-likeness (QED) is 0.131. The van der Waals surface area contributed by atoms with Crippen LogP contribution in [0.1, 0.15) is 11.4 Å². The summed E-state index contributed by atoms with van der Waals surface area (Å²) in [5, 5.41) is 29.3. The van der Waals surface area contributed by atoms with Crippen LogP contribution < -0.4 is 11.1 Å². The monoisotopic (exact) mass is 582 g/mol. The first-order valence-electron chi connectivity index (χ1n) is 10.5. The highest BCUT2D eigenvalue weighted by molar-refractivity contribution is 8.01. The van der Waals surface area contributed by atoms with Gasteiger partial charge in [0, 0.05) is 29.5 Å². The number of carboxylic acids is 1. The van der Waals surface area contributed by atoms with E-state index in [0.717, 1.165) is 11.3 Å². The molecule has 4 N–H and O–H groups in total. The summed E-state index contributed by atoms with van der Waals surface area (Å²) >= 11 is 5.05. The highest BCUT2D eigenvalue weighted by Crippen LogP contribution is 2.44. The standard InChI is InChI=1S/C19H18N8O6S4/c20-17-22-10(4-34-17)11(26-33-3-9-1-2-32-25-9)13(28)23-12-14(29)27-5-19(16(30)31,6-35-15(12)27)7-36-18-24-21-8-37-18/h1-2,4,8,12,15H,3,5-7H2,(H2,20,22)(H,23,28)(H,30,31)/t12?,15-,19?/m1/s1. The molecule has 14 nitrogen and oxygen atoms in total. The Morgan fingerprint density at radius 3 is 2.97 bits per heavy atom. The van der Waals surface area contributed by atoms with Gasteiger partial charge in [0.2, 0.25) is 5.91 Å². The van der Waals surface area contributed by atoms with Gasteiger partial charge in [0.25, 0.3) is 5.91 Å². The molecule has 0 bridgehead atoms. The van der Waals surface area contributed by atoms with Crippen LogP contribution in [0.2, 0.25) is 0 Å². The molecule has 0 spiro atoms. The summed E-state index contributed by atoms with van der Waals surface area (Å²) in [6, 6.07) is 0.735. The number of carbonyl (C=O) groups is 3. The zero-order valence-corrected chi connectivity index (χ0v) is 21.9. The molecule has 5 rings (SSSR count). The average Bonchev–Trinajstić information content (AvgIpc) is 3.67. The molecule has 37 heavy (non-hydrogen) atoms. The third kappa shape index (κ3) is 5.27. The highest BCUT2D eigenvalue weighted by atomic mass is 32.2. The second-order valence-corrected chi connectivity index (χ2v) is 12.0. The van der Waals surface area contributed by atoms with E-state index in [4.69, 9.17) is 15.1 Å². The first kappa shape index (κ1) is 25.4. The van der Waals surface area contributed by atoms with Gasteiger partial charge in [0.05, 0.1) is 0 Å². The summed E-state index contributed by atoms with van der Waals surface area (Å²) in [5.74, 6) is -1.54.